The first-order chi connectivity index (χ1) is 12.7. The van der Waals surface area contributed by atoms with Gasteiger partial charge in [-0.3, -0.25) is 14.0 Å². The van der Waals surface area contributed by atoms with Gasteiger partial charge in [0, 0.05) is 17.8 Å². The smallest absolute Gasteiger partial charge is 0.0589 e. The van der Waals surface area contributed by atoms with Crippen molar-refractivity contribution in [3.63, 3.8) is 0 Å². The minimum Gasteiger partial charge on any atom is -0.301 e. The standard InChI is InChI=1S/C22H38N2O2S/c1-18(2)24-14-10-22(11-15-24)8-12-23(13-9-22)17-20-6-5-7-21(16-20)27(25,26)19(3)4/h5-7,16,18-19,25-26H,8-15,17H2,1-4H3. The van der Waals surface area contributed by atoms with Crippen molar-refractivity contribution in [3.8, 4) is 0 Å². The maximum Gasteiger partial charge on any atom is 0.0589 e. The zero-order valence-electron chi connectivity index (χ0n) is 17.5. The molecule has 0 unspecified atom stereocenters. The van der Waals surface area contributed by atoms with Crippen LogP contribution in [0.1, 0.15) is 58.9 Å². The molecular weight excluding hydrogens is 356 g/mol. The zero-order chi connectivity index (χ0) is 19.7. The van der Waals surface area contributed by atoms with E-state index in [4.69, 9.17) is 0 Å². The monoisotopic (exact) mass is 394 g/mol. The van der Waals surface area contributed by atoms with Gasteiger partial charge in [-0.2, -0.15) is 10.6 Å². The molecule has 2 aliphatic heterocycles. The molecule has 2 N–H and O–H groups in total. The molecule has 2 aliphatic rings. The second kappa shape index (κ2) is 8.42. The van der Waals surface area contributed by atoms with Crippen LogP contribution in [0, 0.1) is 5.41 Å². The van der Waals surface area contributed by atoms with Crippen molar-refractivity contribution in [1.82, 2.24) is 9.80 Å². The summed E-state index contributed by atoms with van der Waals surface area (Å²) in [4.78, 5) is 5.85. The summed E-state index contributed by atoms with van der Waals surface area (Å²) >= 11 is 0. The Bertz CT molecular complexity index is 614. The second-order valence-corrected chi connectivity index (χ2v) is 11.8. The molecule has 3 rings (SSSR count). The number of nitrogens with zero attached hydrogens (tertiary/aromatic N) is 2. The maximum atomic E-state index is 10.4. The summed E-state index contributed by atoms with van der Waals surface area (Å²) in [6.45, 7) is 14.1. The van der Waals surface area contributed by atoms with Gasteiger partial charge < -0.3 is 4.90 Å². The van der Waals surface area contributed by atoms with Gasteiger partial charge in [-0.15, -0.1) is 0 Å². The fraction of sp³-hybridized carbons (Fsp3) is 0.727. The second-order valence-electron chi connectivity index (χ2n) is 9.19. The van der Waals surface area contributed by atoms with Crippen molar-refractivity contribution in [2.24, 2.45) is 5.41 Å². The van der Waals surface area contributed by atoms with E-state index in [-0.39, 0.29) is 5.25 Å². The Labute approximate surface area is 167 Å². The Hall–Kier alpha value is -0.590. The van der Waals surface area contributed by atoms with Crippen LogP contribution in [-0.2, 0) is 6.54 Å². The third-order valence-electron chi connectivity index (χ3n) is 6.81. The molecule has 4 nitrogen and oxygen atoms in total. The molecule has 2 fully saturated rings. The molecule has 0 aromatic heterocycles. The van der Waals surface area contributed by atoms with Gasteiger partial charge in [0.2, 0.25) is 0 Å². The number of likely N-dealkylation sites (tertiary alicyclic amines) is 2. The molecule has 0 bridgehead atoms. The molecule has 2 heterocycles. The molecular formula is C22H38N2O2S. The predicted octanol–water partition coefficient (Wildman–Crippen LogP) is 5.29. The van der Waals surface area contributed by atoms with Gasteiger partial charge in [0.1, 0.15) is 0 Å². The van der Waals surface area contributed by atoms with Crippen LogP contribution in [0.5, 0.6) is 0 Å². The first-order valence-corrected chi connectivity index (χ1v) is 12.2. The highest BCUT2D eigenvalue weighted by molar-refractivity contribution is 8.24. The lowest BCUT2D eigenvalue weighted by atomic mass is 9.71. The van der Waals surface area contributed by atoms with E-state index in [0.717, 1.165) is 19.6 Å². The minimum atomic E-state index is -2.70. The van der Waals surface area contributed by atoms with E-state index < -0.39 is 10.6 Å². The zero-order valence-corrected chi connectivity index (χ0v) is 18.3. The molecule has 154 valence electrons. The molecule has 5 heteroatoms. The Kier molecular flexibility index (Phi) is 6.59. The summed E-state index contributed by atoms with van der Waals surface area (Å²) < 4.78 is 20.9. The van der Waals surface area contributed by atoms with Crippen LogP contribution in [0.3, 0.4) is 0 Å². The van der Waals surface area contributed by atoms with Crippen LogP contribution < -0.4 is 0 Å². The molecule has 1 aromatic rings. The van der Waals surface area contributed by atoms with E-state index in [9.17, 15) is 9.11 Å². The van der Waals surface area contributed by atoms with Crippen molar-refractivity contribution >= 4 is 10.6 Å². The highest BCUT2D eigenvalue weighted by atomic mass is 32.3. The van der Waals surface area contributed by atoms with Crippen molar-refractivity contribution in [2.45, 2.75) is 76.1 Å². The molecule has 0 saturated carbocycles. The Balaban J connectivity index is 1.56. The summed E-state index contributed by atoms with van der Waals surface area (Å²) in [5, 5.41) is -0.153. The Morgan fingerprint density at radius 2 is 1.56 bits per heavy atom. The first kappa shape index (κ1) is 21.1. The third-order valence-corrected chi connectivity index (χ3v) is 9.08. The molecule has 1 spiro atoms. The van der Waals surface area contributed by atoms with Crippen molar-refractivity contribution in [2.75, 3.05) is 26.2 Å². The van der Waals surface area contributed by atoms with E-state index in [2.05, 4.69) is 29.7 Å². The number of benzene rings is 1. The van der Waals surface area contributed by atoms with Crippen molar-refractivity contribution in [1.29, 1.82) is 0 Å². The van der Waals surface area contributed by atoms with E-state index in [1.807, 2.05) is 32.0 Å². The van der Waals surface area contributed by atoms with E-state index in [1.54, 1.807) is 0 Å². The minimum absolute atomic E-state index is 0.153. The van der Waals surface area contributed by atoms with Crippen molar-refractivity contribution in [3.05, 3.63) is 29.8 Å². The van der Waals surface area contributed by atoms with Gasteiger partial charge in [-0.1, -0.05) is 12.1 Å². The van der Waals surface area contributed by atoms with E-state index >= 15 is 0 Å². The van der Waals surface area contributed by atoms with Crippen LogP contribution in [-0.4, -0.2) is 56.4 Å². The van der Waals surface area contributed by atoms with Gasteiger partial charge in [0.25, 0.3) is 0 Å². The molecule has 0 radical (unpaired) electrons. The topological polar surface area (TPSA) is 46.9 Å². The average molecular weight is 395 g/mol. The lowest BCUT2D eigenvalue weighted by Crippen LogP contribution is -2.48. The van der Waals surface area contributed by atoms with Crippen LogP contribution in [0.15, 0.2) is 29.2 Å². The Morgan fingerprint density at radius 1 is 0.963 bits per heavy atom. The lowest BCUT2D eigenvalue weighted by Gasteiger charge is -2.48. The van der Waals surface area contributed by atoms with E-state index in [1.165, 1.54) is 44.3 Å². The summed E-state index contributed by atoms with van der Waals surface area (Å²) in [6, 6.07) is 8.61. The molecule has 0 aliphatic carbocycles. The number of hydrogen-bond donors (Lipinski definition) is 2. The summed E-state index contributed by atoms with van der Waals surface area (Å²) in [5.74, 6) is 0. The summed E-state index contributed by atoms with van der Waals surface area (Å²) in [6.07, 6.45) is 5.31. The largest absolute Gasteiger partial charge is 0.301 e. The first-order valence-electron chi connectivity index (χ1n) is 10.5. The van der Waals surface area contributed by atoms with Crippen LogP contribution >= 0.6 is 10.6 Å². The van der Waals surface area contributed by atoms with Crippen LogP contribution in [0.25, 0.3) is 0 Å². The molecule has 1 aromatic carbocycles. The van der Waals surface area contributed by atoms with Gasteiger partial charge in [-0.05, 0) is 103 Å². The fourth-order valence-electron chi connectivity index (χ4n) is 4.56. The number of rotatable bonds is 5. The highest BCUT2D eigenvalue weighted by Crippen LogP contribution is 2.52. The molecule has 0 atom stereocenters. The third kappa shape index (κ3) is 4.88. The van der Waals surface area contributed by atoms with Crippen LogP contribution in [0.2, 0.25) is 0 Å². The van der Waals surface area contributed by atoms with Gasteiger partial charge in [-0.25, -0.2) is 0 Å². The Morgan fingerprint density at radius 3 is 2.11 bits per heavy atom. The number of piperidine rings is 2. The molecule has 0 amide bonds. The van der Waals surface area contributed by atoms with Crippen LogP contribution in [0.4, 0.5) is 0 Å². The SMILES string of the molecule is CC(C)N1CCC2(CCN(Cc3cccc(S(O)(O)C(C)C)c3)CC2)CC1. The summed E-state index contributed by atoms with van der Waals surface area (Å²) in [7, 11) is -2.70. The van der Waals surface area contributed by atoms with Crippen molar-refractivity contribution < 1.29 is 9.11 Å². The summed E-state index contributed by atoms with van der Waals surface area (Å²) in [5.41, 5.74) is 1.76. The van der Waals surface area contributed by atoms with E-state index in [0.29, 0.717) is 16.4 Å². The predicted molar refractivity (Wildman–Crippen MR) is 116 cm³/mol. The van der Waals surface area contributed by atoms with Gasteiger partial charge >= 0.3 is 0 Å². The average Bonchev–Trinajstić information content (AvgIpc) is 2.64. The fourth-order valence-corrected chi connectivity index (χ4v) is 5.71. The van der Waals surface area contributed by atoms with Gasteiger partial charge in [0.05, 0.1) is 4.90 Å². The quantitative estimate of drug-likeness (QED) is 0.712. The number of hydrogen-bond acceptors (Lipinski definition) is 4. The highest BCUT2D eigenvalue weighted by Gasteiger charge is 2.37. The molecule has 2 saturated heterocycles. The normalized spacial score (nSPS) is 22.7. The maximum absolute atomic E-state index is 10.4. The molecule has 27 heavy (non-hydrogen) atoms. The lowest BCUT2D eigenvalue weighted by molar-refractivity contribution is 0.0230. The van der Waals surface area contributed by atoms with Gasteiger partial charge in [0.15, 0.2) is 0 Å².